The molecule has 0 aromatic heterocycles. The van der Waals surface area contributed by atoms with E-state index in [4.69, 9.17) is 9.47 Å². The predicted octanol–water partition coefficient (Wildman–Crippen LogP) is 2.30. The van der Waals surface area contributed by atoms with Gasteiger partial charge in [-0.2, -0.15) is 0 Å². The maximum Gasteiger partial charge on any atom is 0.193 e. The first-order chi connectivity index (χ1) is 11.3. The van der Waals surface area contributed by atoms with Crippen molar-refractivity contribution in [3.63, 3.8) is 0 Å². The monoisotopic (exact) mass is 317 g/mol. The number of hydrogen-bond acceptors (Lipinski definition) is 3. The Morgan fingerprint density at radius 2 is 2.30 bits per heavy atom. The molecule has 1 N–H and O–H groups in total. The van der Waals surface area contributed by atoms with E-state index in [2.05, 4.69) is 27.9 Å². The van der Waals surface area contributed by atoms with E-state index < -0.39 is 0 Å². The van der Waals surface area contributed by atoms with E-state index in [9.17, 15) is 0 Å². The molecule has 1 atom stereocenters. The van der Waals surface area contributed by atoms with Gasteiger partial charge in [-0.05, 0) is 12.5 Å². The van der Waals surface area contributed by atoms with Crippen LogP contribution in [0, 0.1) is 5.92 Å². The summed E-state index contributed by atoms with van der Waals surface area (Å²) in [6.07, 6.45) is 2.90. The number of ether oxygens (including phenoxy) is 2. The number of para-hydroxylation sites is 1. The summed E-state index contributed by atoms with van der Waals surface area (Å²) in [7, 11) is 3.59. The van der Waals surface area contributed by atoms with Gasteiger partial charge in [-0.15, -0.1) is 0 Å². The highest BCUT2D eigenvalue weighted by molar-refractivity contribution is 5.80. The molecule has 1 fully saturated rings. The summed E-state index contributed by atoms with van der Waals surface area (Å²) in [5, 5.41) is 3.44. The van der Waals surface area contributed by atoms with Crippen LogP contribution in [-0.2, 0) is 11.3 Å². The molecule has 0 spiro atoms. The molecule has 0 aliphatic carbocycles. The van der Waals surface area contributed by atoms with Crippen molar-refractivity contribution in [3.05, 3.63) is 42.5 Å². The van der Waals surface area contributed by atoms with Gasteiger partial charge < -0.3 is 19.7 Å². The number of nitrogens with one attached hydrogen (secondary N) is 1. The largest absolute Gasteiger partial charge is 0.489 e. The fraction of sp³-hybridized carbons (Fsp3) is 0.500. The molecular formula is C18H27N3O2. The van der Waals surface area contributed by atoms with Crippen LogP contribution < -0.4 is 10.1 Å². The van der Waals surface area contributed by atoms with E-state index in [0.29, 0.717) is 19.1 Å². The van der Waals surface area contributed by atoms with E-state index in [1.54, 1.807) is 13.2 Å². The minimum Gasteiger partial charge on any atom is -0.489 e. The van der Waals surface area contributed by atoms with Gasteiger partial charge in [0.25, 0.3) is 0 Å². The van der Waals surface area contributed by atoms with Crippen molar-refractivity contribution < 1.29 is 9.47 Å². The SMILES string of the molecule is C=CCOc1ccccc1CNC(=NC)N1CCC(COC)C1. The number of aliphatic imine (C=N–C) groups is 1. The highest BCUT2D eigenvalue weighted by atomic mass is 16.5. The summed E-state index contributed by atoms with van der Waals surface area (Å²) in [5.41, 5.74) is 1.11. The minimum atomic E-state index is 0.510. The van der Waals surface area contributed by atoms with Gasteiger partial charge in [0, 0.05) is 45.3 Å². The third kappa shape index (κ3) is 4.99. The molecule has 0 saturated carbocycles. The van der Waals surface area contributed by atoms with Crippen LogP contribution in [0.4, 0.5) is 0 Å². The molecular weight excluding hydrogens is 290 g/mol. The second-order valence-electron chi connectivity index (χ2n) is 5.66. The maximum atomic E-state index is 5.70. The Balaban J connectivity index is 1.92. The quantitative estimate of drug-likeness (QED) is 0.476. The lowest BCUT2D eigenvalue weighted by Crippen LogP contribution is -2.39. The smallest absolute Gasteiger partial charge is 0.193 e. The predicted molar refractivity (Wildman–Crippen MR) is 93.9 cm³/mol. The van der Waals surface area contributed by atoms with Crippen LogP contribution in [0.15, 0.2) is 41.9 Å². The van der Waals surface area contributed by atoms with Crippen molar-refractivity contribution in [1.82, 2.24) is 10.2 Å². The number of hydrogen-bond donors (Lipinski definition) is 1. The molecule has 126 valence electrons. The van der Waals surface area contributed by atoms with E-state index in [-0.39, 0.29) is 0 Å². The molecule has 1 aromatic rings. The fourth-order valence-corrected chi connectivity index (χ4v) is 2.84. The zero-order valence-electron chi connectivity index (χ0n) is 14.1. The molecule has 2 rings (SSSR count). The van der Waals surface area contributed by atoms with E-state index in [1.807, 2.05) is 25.2 Å². The van der Waals surface area contributed by atoms with Gasteiger partial charge in [0.15, 0.2) is 5.96 Å². The third-order valence-corrected chi connectivity index (χ3v) is 3.97. The summed E-state index contributed by atoms with van der Waals surface area (Å²) < 4.78 is 11.0. The Morgan fingerprint density at radius 1 is 1.48 bits per heavy atom. The number of nitrogens with zero attached hydrogens (tertiary/aromatic N) is 2. The molecule has 1 saturated heterocycles. The average molecular weight is 317 g/mol. The van der Waals surface area contributed by atoms with Crippen molar-refractivity contribution in [2.75, 3.05) is 40.5 Å². The van der Waals surface area contributed by atoms with Gasteiger partial charge in [0.05, 0.1) is 6.61 Å². The zero-order valence-corrected chi connectivity index (χ0v) is 14.1. The fourth-order valence-electron chi connectivity index (χ4n) is 2.84. The first-order valence-electron chi connectivity index (χ1n) is 8.04. The van der Waals surface area contributed by atoms with Gasteiger partial charge in [-0.25, -0.2) is 0 Å². The van der Waals surface area contributed by atoms with Crippen molar-refractivity contribution in [2.24, 2.45) is 10.9 Å². The summed E-state index contributed by atoms with van der Waals surface area (Å²) in [4.78, 5) is 6.69. The van der Waals surface area contributed by atoms with Gasteiger partial charge in [0.1, 0.15) is 12.4 Å². The van der Waals surface area contributed by atoms with Gasteiger partial charge in [-0.1, -0.05) is 30.9 Å². The highest BCUT2D eigenvalue weighted by Gasteiger charge is 2.24. The van der Waals surface area contributed by atoms with Gasteiger partial charge >= 0.3 is 0 Å². The Bertz CT molecular complexity index is 531. The molecule has 23 heavy (non-hydrogen) atoms. The van der Waals surface area contributed by atoms with E-state index >= 15 is 0 Å². The molecule has 0 bridgehead atoms. The van der Waals surface area contributed by atoms with Crippen LogP contribution in [0.3, 0.4) is 0 Å². The topological polar surface area (TPSA) is 46.1 Å². The molecule has 1 aliphatic rings. The Morgan fingerprint density at radius 3 is 3.04 bits per heavy atom. The number of likely N-dealkylation sites (tertiary alicyclic amines) is 1. The molecule has 1 heterocycles. The van der Waals surface area contributed by atoms with Crippen molar-refractivity contribution in [3.8, 4) is 5.75 Å². The van der Waals surface area contributed by atoms with Crippen molar-refractivity contribution >= 4 is 5.96 Å². The van der Waals surface area contributed by atoms with Crippen LogP contribution in [0.1, 0.15) is 12.0 Å². The van der Waals surface area contributed by atoms with Crippen LogP contribution in [0.5, 0.6) is 5.75 Å². The Labute approximate surface area is 139 Å². The summed E-state index contributed by atoms with van der Waals surface area (Å²) in [5.74, 6) is 2.40. The highest BCUT2D eigenvalue weighted by Crippen LogP contribution is 2.19. The van der Waals surface area contributed by atoms with Crippen molar-refractivity contribution in [1.29, 1.82) is 0 Å². The van der Waals surface area contributed by atoms with Crippen LogP contribution in [-0.4, -0.2) is 51.3 Å². The average Bonchev–Trinajstić information content (AvgIpc) is 3.03. The minimum absolute atomic E-state index is 0.510. The maximum absolute atomic E-state index is 5.70. The molecule has 1 aromatic carbocycles. The van der Waals surface area contributed by atoms with E-state index in [1.165, 1.54) is 0 Å². The molecule has 5 nitrogen and oxygen atoms in total. The lowest BCUT2D eigenvalue weighted by atomic mass is 10.1. The van der Waals surface area contributed by atoms with Crippen LogP contribution >= 0.6 is 0 Å². The van der Waals surface area contributed by atoms with E-state index in [0.717, 1.165) is 43.4 Å². The Hall–Kier alpha value is -2.01. The Kier molecular flexibility index (Phi) is 6.94. The second kappa shape index (κ2) is 9.20. The van der Waals surface area contributed by atoms with Crippen LogP contribution in [0.2, 0.25) is 0 Å². The normalized spacial score (nSPS) is 18.1. The molecule has 5 heteroatoms. The molecule has 1 aliphatic heterocycles. The number of benzene rings is 1. The van der Waals surface area contributed by atoms with Gasteiger partial charge in [-0.3, -0.25) is 4.99 Å². The number of guanidine groups is 1. The van der Waals surface area contributed by atoms with Crippen LogP contribution in [0.25, 0.3) is 0 Å². The molecule has 0 amide bonds. The second-order valence-corrected chi connectivity index (χ2v) is 5.66. The molecule has 1 unspecified atom stereocenters. The molecule has 0 radical (unpaired) electrons. The number of rotatable bonds is 7. The van der Waals surface area contributed by atoms with Gasteiger partial charge in [0.2, 0.25) is 0 Å². The lowest BCUT2D eigenvalue weighted by molar-refractivity contribution is 0.157. The summed E-state index contributed by atoms with van der Waals surface area (Å²) >= 11 is 0. The standard InChI is InChI=1S/C18H27N3O2/c1-4-11-23-17-8-6-5-7-16(17)12-20-18(19-2)21-10-9-15(13-21)14-22-3/h4-8,15H,1,9-14H2,2-3H3,(H,19,20). The first kappa shape index (κ1) is 17.3. The summed E-state index contributed by atoms with van der Waals surface area (Å²) in [6.45, 7) is 7.70. The lowest BCUT2D eigenvalue weighted by Gasteiger charge is -2.22. The number of methoxy groups -OCH3 is 1. The third-order valence-electron chi connectivity index (χ3n) is 3.97. The van der Waals surface area contributed by atoms with Crippen molar-refractivity contribution in [2.45, 2.75) is 13.0 Å². The first-order valence-corrected chi connectivity index (χ1v) is 8.04. The zero-order chi connectivity index (χ0) is 16.5. The summed E-state index contributed by atoms with van der Waals surface area (Å²) in [6, 6.07) is 8.04.